The molecule has 4 aliphatic rings. The van der Waals surface area contributed by atoms with Gasteiger partial charge in [-0.25, -0.2) is 0 Å². The number of fused-ring (bicyclic) bond motifs is 5. The first-order valence-corrected chi connectivity index (χ1v) is 13.3. The zero-order valence-corrected chi connectivity index (χ0v) is 20.6. The molecule has 4 saturated carbocycles. The van der Waals surface area contributed by atoms with E-state index in [0.717, 1.165) is 36.5 Å². The van der Waals surface area contributed by atoms with Gasteiger partial charge >= 0.3 is 0 Å². The number of aliphatic hydroxyl groups is 1. The quantitative estimate of drug-likeness (QED) is 0.447. The molecule has 4 fully saturated rings. The van der Waals surface area contributed by atoms with Crippen molar-refractivity contribution in [2.75, 3.05) is 0 Å². The van der Waals surface area contributed by atoms with Crippen molar-refractivity contribution < 1.29 is 5.11 Å². The van der Waals surface area contributed by atoms with Crippen LogP contribution in [0.1, 0.15) is 112 Å². The zero-order valence-electron chi connectivity index (χ0n) is 19.9. The van der Waals surface area contributed by atoms with Gasteiger partial charge in [0.2, 0.25) is 0 Å². The van der Waals surface area contributed by atoms with Crippen LogP contribution in [0, 0.1) is 46.3 Å². The molecule has 0 radical (unpaired) electrons. The highest BCUT2D eigenvalue weighted by Gasteiger charge is 2.63. The Morgan fingerprint density at radius 1 is 0.966 bits per heavy atom. The van der Waals surface area contributed by atoms with E-state index in [4.69, 9.17) is 11.6 Å². The van der Waals surface area contributed by atoms with Crippen LogP contribution < -0.4 is 0 Å². The van der Waals surface area contributed by atoms with Gasteiger partial charge in [0.1, 0.15) is 0 Å². The van der Waals surface area contributed by atoms with Crippen LogP contribution in [0.15, 0.2) is 0 Å². The molecule has 0 aliphatic heterocycles. The molecule has 0 bridgehead atoms. The number of hydrogen-bond donors (Lipinski definition) is 1. The molecule has 0 aromatic rings. The summed E-state index contributed by atoms with van der Waals surface area (Å²) in [6.45, 7) is 12.2. The zero-order chi connectivity index (χ0) is 21.0. The minimum absolute atomic E-state index is 0.0589. The smallest absolute Gasteiger partial charge is 0.0576 e. The topological polar surface area (TPSA) is 20.2 Å². The minimum Gasteiger partial charge on any atom is -0.393 e. The summed E-state index contributed by atoms with van der Waals surface area (Å²) in [7, 11) is 0. The Morgan fingerprint density at radius 3 is 2.41 bits per heavy atom. The normalized spacial score (nSPS) is 49.2. The van der Waals surface area contributed by atoms with Crippen LogP contribution >= 0.6 is 11.6 Å². The van der Waals surface area contributed by atoms with Gasteiger partial charge in [0.05, 0.1) is 6.10 Å². The maximum absolute atomic E-state index is 11.2. The second-order valence-corrected chi connectivity index (χ2v) is 13.6. The van der Waals surface area contributed by atoms with Gasteiger partial charge in [0, 0.05) is 4.87 Å². The lowest BCUT2D eigenvalue weighted by molar-refractivity contribution is -0.158. The average Bonchev–Trinajstić information content (AvgIpc) is 2.99. The van der Waals surface area contributed by atoms with Crippen molar-refractivity contribution >= 4 is 11.6 Å². The molecule has 0 aromatic heterocycles. The number of halogens is 1. The van der Waals surface area contributed by atoms with Crippen molar-refractivity contribution in [2.24, 2.45) is 46.3 Å². The molecule has 4 aliphatic carbocycles. The summed E-state index contributed by atoms with van der Waals surface area (Å²) >= 11 is 7.33. The first kappa shape index (κ1) is 22.4. The molecule has 1 nitrogen and oxygen atoms in total. The highest BCUT2D eigenvalue weighted by molar-refractivity contribution is 6.23. The summed E-state index contributed by atoms with van der Waals surface area (Å²) in [6.07, 6.45) is 15.5. The van der Waals surface area contributed by atoms with Gasteiger partial charge < -0.3 is 5.11 Å². The van der Waals surface area contributed by atoms with Crippen molar-refractivity contribution in [2.45, 2.75) is 123 Å². The highest BCUT2D eigenvalue weighted by atomic mass is 35.5. The fraction of sp³-hybridized carbons (Fsp3) is 1.00. The molecule has 0 amide bonds. The van der Waals surface area contributed by atoms with Crippen molar-refractivity contribution in [3.8, 4) is 0 Å². The third kappa shape index (κ3) is 3.73. The van der Waals surface area contributed by atoms with Gasteiger partial charge in [-0.15, -0.1) is 11.6 Å². The molecule has 2 unspecified atom stereocenters. The SMILES string of the molecule is CC(C)CCC[C@](C)(Cl)[C@H]1CC[C@H]2[C@@H]3CC(O)C4CCCC[C@]4(C)[C@H]3CC[C@@]21C. The van der Waals surface area contributed by atoms with Gasteiger partial charge in [-0.05, 0) is 105 Å². The Morgan fingerprint density at radius 2 is 1.69 bits per heavy atom. The summed E-state index contributed by atoms with van der Waals surface area (Å²) in [5.41, 5.74) is 0.772. The van der Waals surface area contributed by atoms with E-state index < -0.39 is 0 Å². The Kier molecular flexibility index (Phi) is 6.18. The first-order valence-electron chi connectivity index (χ1n) is 13.0. The highest BCUT2D eigenvalue weighted by Crippen LogP contribution is 2.69. The van der Waals surface area contributed by atoms with Crippen LogP contribution in [0.4, 0.5) is 0 Å². The van der Waals surface area contributed by atoms with Crippen molar-refractivity contribution in [1.29, 1.82) is 0 Å². The summed E-state index contributed by atoms with van der Waals surface area (Å²) < 4.78 is 0. The fourth-order valence-corrected chi connectivity index (χ4v) is 9.87. The fourth-order valence-electron chi connectivity index (χ4n) is 9.37. The maximum Gasteiger partial charge on any atom is 0.0576 e. The molecule has 0 heterocycles. The largest absolute Gasteiger partial charge is 0.393 e. The Bertz CT molecular complexity index is 585. The molecular weight excluding hydrogens is 376 g/mol. The van der Waals surface area contributed by atoms with Gasteiger partial charge in [-0.2, -0.15) is 0 Å². The van der Waals surface area contributed by atoms with Gasteiger partial charge in [0.15, 0.2) is 0 Å². The number of alkyl halides is 1. The van der Waals surface area contributed by atoms with E-state index in [1.54, 1.807) is 0 Å². The van der Waals surface area contributed by atoms with Crippen LogP contribution in [0.2, 0.25) is 0 Å². The van der Waals surface area contributed by atoms with Crippen LogP contribution in [0.3, 0.4) is 0 Å². The van der Waals surface area contributed by atoms with Crippen molar-refractivity contribution in [1.82, 2.24) is 0 Å². The summed E-state index contributed by atoms with van der Waals surface area (Å²) in [6, 6.07) is 0. The molecule has 0 aromatic carbocycles. The molecule has 0 spiro atoms. The van der Waals surface area contributed by atoms with Crippen LogP contribution in [-0.4, -0.2) is 16.1 Å². The number of aliphatic hydroxyl groups excluding tert-OH is 1. The van der Waals surface area contributed by atoms with E-state index in [1.165, 1.54) is 64.2 Å². The summed E-state index contributed by atoms with van der Waals surface area (Å²) in [5, 5.41) is 11.2. The standard InChI is InChI=1S/C27H47ClO/c1-18(2)9-8-15-27(5,28)24-12-11-20-19-17-23(29)22-10-6-7-14-25(22,3)21(19)13-16-26(20,24)4/h18-24,29H,6-17H2,1-5H3/t19-,20-,21-,22?,23?,24-,25+,26-,27-/m0/s1. The van der Waals surface area contributed by atoms with Crippen LogP contribution in [-0.2, 0) is 0 Å². The van der Waals surface area contributed by atoms with E-state index in [2.05, 4.69) is 34.6 Å². The Labute approximate surface area is 185 Å². The first-order chi connectivity index (χ1) is 13.6. The summed E-state index contributed by atoms with van der Waals surface area (Å²) in [5.74, 6) is 4.34. The Balaban J connectivity index is 1.53. The molecule has 9 atom stereocenters. The lowest BCUT2D eigenvalue weighted by Crippen LogP contribution is -2.57. The van der Waals surface area contributed by atoms with Crippen LogP contribution in [0.25, 0.3) is 0 Å². The maximum atomic E-state index is 11.2. The van der Waals surface area contributed by atoms with E-state index in [9.17, 15) is 5.11 Å². The third-order valence-electron chi connectivity index (χ3n) is 10.8. The lowest BCUT2D eigenvalue weighted by Gasteiger charge is -2.62. The van der Waals surface area contributed by atoms with Crippen LogP contribution in [0.5, 0.6) is 0 Å². The van der Waals surface area contributed by atoms with Gasteiger partial charge in [-0.1, -0.05) is 53.4 Å². The minimum atomic E-state index is -0.0597. The number of hydrogen-bond acceptors (Lipinski definition) is 1. The molecule has 4 rings (SSSR count). The average molecular weight is 423 g/mol. The predicted octanol–water partition coefficient (Wildman–Crippen LogP) is 7.83. The molecule has 29 heavy (non-hydrogen) atoms. The van der Waals surface area contributed by atoms with Crippen molar-refractivity contribution in [3.05, 3.63) is 0 Å². The molecule has 2 heteroatoms. The van der Waals surface area contributed by atoms with E-state index in [1.807, 2.05) is 0 Å². The Hall–Kier alpha value is 0.250. The predicted molar refractivity (Wildman–Crippen MR) is 124 cm³/mol. The summed E-state index contributed by atoms with van der Waals surface area (Å²) in [4.78, 5) is -0.0597. The monoisotopic (exact) mass is 422 g/mol. The molecular formula is C27H47ClO. The number of rotatable bonds is 5. The molecule has 0 saturated heterocycles. The third-order valence-corrected chi connectivity index (χ3v) is 11.2. The van der Waals surface area contributed by atoms with Gasteiger partial charge in [-0.3, -0.25) is 0 Å². The second kappa shape index (κ2) is 7.99. The molecule has 1 N–H and O–H groups in total. The lowest BCUT2D eigenvalue weighted by atomic mass is 9.44. The van der Waals surface area contributed by atoms with E-state index in [0.29, 0.717) is 22.7 Å². The van der Waals surface area contributed by atoms with E-state index in [-0.39, 0.29) is 11.0 Å². The molecule has 168 valence electrons. The van der Waals surface area contributed by atoms with Crippen molar-refractivity contribution in [3.63, 3.8) is 0 Å². The second-order valence-electron chi connectivity index (χ2n) is 12.8. The van der Waals surface area contributed by atoms with E-state index >= 15 is 0 Å². The van der Waals surface area contributed by atoms with Gasteiger partial charge in [0.25, 0.3) is 0 Å².